The highest BCUT2D eigenvalue weighted by Crippen LogP contribution is 2.30. The molecule has 3 rings (SSSR count). The van der Waals surface area contributed by atoms with E-state index in [9.17, 15) is 0 Å². The van der Waals surface area contributed by atoms with Crippen LogP contribution in [-0.4, -0.2) is 32.2 Å². The molecule has 138 valence electrons. The number of hydrogen-bond acceptors (Lipinski definition) is 4. The molecule has 0 atom stereocenters. The molecule has 26 heavy (non-hydrogen) atoms. The number of aliphatic imine (C=N–C) groups is 1. The van der Waals surface area contributed by atoms with Gasteiger partial charge in [0.05, 0.1) is 14.2 Å². The van der Waals surface area contributed by atoms with Crippen molar-refractivity contribution in [2.24, 2.45) is 4.99 Å². The summed E-state index contributed by atoms with van der Waals surface area (Å²) in [6, 6.07) is 8.64. The summed E-state index contributed by atoms with van der Waals surface area (Å²) in [5.74, 6) is 2.67. The van der Waals surface area contributed by atoms with Gasteiger partial charge >= 0.3 is 0 Å². The number of methoxy groups -OCH3 is 2. The lowest BCUT2D eigenvalue weighted by atomic mass is 10.1. The van der Waals surface area contributed by atoms with Gasteiger partial charge < -0.3 is 9.47 Å². The maximum atomic E-state index is 5.59. The first kappa shape index (κ1) is 18.8. The van der Waals surface area contributed by atoms with Crippen molar-refractivity contribution in [3.8, 4) is 0 Å². The van der Waals surface area contributed by atoms with Crippen molar-refractivity contribution < 1.29 is 9.47 Å². The highest BCUT2D eigenvalue weighted by molar-refractivity contribution is 7.99. The van der Waals surface area contributed by atoms with E-state index >= 15 is 0 Å². The molecule has 1 heterocycles. The first-order chi connectivity index (χ1) is 12.8. The molecule has 1 aromatic rings. The summed E-state index contributed by atoms with van der Waals surface area (Å²) >= 11 is 1.84. The average Bonchev–Trinajstić information content (AvgIpc) is 3.07. The fraction of sp³-hybridized carbons (Fsp3) is 0.409. The minimum absolute atomic E-state index is 0.824. The van der Waals surface area contributed by atoms with Gasteiger partial charge in [-0.3, -0.25) is 4.99 Å². The molecule has 0 bridgehead atoms. The molecule has 4 heteroatoms. The Kier molecular flexibility index (Phi) is 7.01. The van der Waals surface area contributed by atoms with Crippen molar-refractivity contribution in [1.82, 2.24) is 0 Å². The smallest absolute Gasteiger partial charge is 0.119 e. The lowest BCUT2D eigenvalue weighted by Gasteiger charge is -2.14. The fourth-order valence-corrected chi connectivity index (χ4v) is 4.32. The molecule has 3 nitrogen and oxygen atoms in total. The van der Waals surface area contributed by atoms with E-state index in [-0.39, 0.29) is 0 Å². The Labute approximate surface area is 160 Å². The highest BCUT2D eigenvalue weighted by Gasteiger charge is 2.15. The number of allylic oxidation sites excluding steroid dienone is 4. The third kappa shape index (κ3) is 4.82. The molecule has 0 amide bonds. The minimum atomic E-state index is 0.824. The lowest BCUT2D eigenvalue weighted by molar-refractivity contribution is 0.296. The summed E-state index contributed by atoms with van der Waals surface area (Å²) in [7, 11) is 3.45. The van der Waals surface area contributed by atoms with E-state index in [0.717, 1.165) is 42.2 Å². The van der Waals surface area contributed by atoms with Crippen molar-refractivity contribution in [2.45, 2.75) is 37.0 Å². The van der Waals surface area contributed by atoms with Gasteiger partial charge in [-0.1, -0.05) is 24.6 Å². The predicted molar refractivity (Wildman–Crippen MR) is 110 cm³/mol. The quantitative estimate of drug-likeness (QED) is 0.618. The third-order valence-corrected chi connectivity index (χ3v) is 5.79. The van der Waals surface area contributed by atoms with Gasteiger partial charge in [0, 0.05) is 34.0 Å². The Bertz CT molecular complexity index is 746. The van der Waals surface area contributed by atoms with Crippen LogP contribution in [0.5, 0.6) is 0 Å². The highest BCUT2D eigenvalue weighted by atomic mass is 32.2. The summed E-state index contributed by atoms with van der Waals surface area (Å²) in [4.78, 5) is 6.13. The van der Waals surface area contributed by atoms with E-state index in [2.05, 4.69) is 42.5 Å². The molecule has 1 aliphatic carbocycles. The van der Waals surface area contributed by atoms with Crippen LogP contribution < -0.4 is 0 Å². The van der Waals surface area contributed by atoms with Crippen LogP contribution >= 0.6 is 11.8 Å². The van der Waals surface area contributed by atoms with Crippen LogP contribution in [0, 0.1) is 0 Å². The Balaban J connectivity index is 1.80. The molecule has 0 N–H and O–H groups in total. The summed E-state index contributed by atoms with van der Waals surface area (Å²) in [5, 5.41) is 0. The maximum absolute atomic E-state index is 5.59. The minimum Gasteiger partial charge on any atom is -0.497 e. The molecule has 0 spiro atoms. The number of ether oxygens (including phenoxy) is 2. The average molecular weight is 370 g/mol. The van der Waals surface area contributed by atoms with E-state index in [1.165, 1.54) is 35.4 Å². The lowest BCUT2D eigenvalue weighted by Crippen LogP contribution is -2.03. The second kappa shape index (κ2) is 9.67. The largest absolute Gasteiger partial charge is 0.497 e. The van der Waals surface area contributed by atoms with Crippen LogP contribution in [-0.2, 0) is 9.47 Å². The topological polar surface area (TPSA) is 30.8 Å². The number of benzene rings is 1. The first-order valence-electron chi connectivity index (χ1n) is 9.26. The second-order valence-electron chi connectivity index (χ2n) is 6.41. The van der Waals surface area contributed by atoms with Crippen LogP contribution in [0.2, 0.25) is 0 Å². The number of hydrogen-bond donors (Lipinski definition) is 0. The van der Waals surface area contributed by atoms with Gasteiger partial charge in [0.2, 0.25) is 0 Å². The Hall–Kier alpha value is -1.94. The summed E-state index contributed by atoms with van der Waals surface area (Å²) in [6.45, 7) is 0.956. The van der Waals surface area contributed by atoms with E-state index in [1.807, 2.05) is 11.8 Å². The SMILES string of the molecule is COC1=CCC=C(OC)C(CSc2ccccc2C2=NCCCCC2)=C1. The Morgan fingerprint density at radius 2 is 1.92 bits per heavy atom. The zero-order valence-electron chi connectivity index (χ0n) is 15.7. The zero-order chi connectivity index (χ0) is 18.2. The van der Waals surface area contributed by atoms with E-state index in [4.69, 9.17) is 14.5 Å². The molecule has 0 aromatic heterocycles. The van der Waals surface area contributed by atoms with Crippen LogP contribution in [0.15, 0.2) is 69.5 Å². The van der Waals surface area contributed by atoms with Crippen molar-refractivity contribution in [2.75, 3.05) is 26.5 Å². The van der Waals surface area contributed by atoms with Crippen LogP contribution in [0.1, 0.15) is 37.7 Å². The van der Waals surface area contributed by atoms with Gasteiger partial charge in [-0.25, -0.2) is 0 Å². The van der Waals surface area contributed by atoms with Gasteiger partial charge in [-0.2, -0.15) is 0 Å². The third-order valence-electron chi connectivity index (χ3n) is 4.67. The summed E-state index contributed by atoms with van der Waals surface area (Å²) in [6.07, 6.45) is 11.9. The van der Waals surface area contributed by atoms with E-state index in [1.54, 1.807) is 14.2 Å². The van der Waals surface area contributed by atoms with Gasteiger partial charge in [0.15, 0.2) is 0 Å². The molecule has 2 aliphatic rings. The number of thioether (sulfide) groups is 1. The van der Waals surface area contributed by atoms with Gasteiger partial charge in [0.1, 0.15) is 11.5 Å². The van der Waals surface area contributed by atoms with Gasteiger partial charge in [-0.05, 0) is 50.0 Å². The molecule has 0 radical (unpaired) electrons. The van der Waals surface area contributed by atoms with Crippen molar-refractivity contribution in [1.29, 1.82) is 0 Å². The molecular formula is C22H27NO2S. The summed E-state index contributed by atoms with van der Waals surface area (Å²) < 4.78 is 11.0. The Morgan fingerprint density at radius 3 is 2.77 bits per heavy atom. The molecule has 0 saturated heterocycles. The normalized spacial score (nSPS) is 17.9. The molecule has 0 unspecified atom stereocenters. The standard InChI is InChI=1S/C22H27NO2S/c1-24-18-9-8-12-21(25-2)17(15-18)16-26-22-13-6-5-10-19(22)20-11-4-3-7-14-23-20/h5-6,9-10,12-13,15H,3-4,7-8,11,14,16H2,1-2H3. The fourth-order valence-electron chi connectivity index (χ4n) is 3.26. The molecule has 1 aromatic carbocycles. The van der Waals surface area contributed by atoms with Gasteiger partial charge in [0.25, 0.3) is 0 Å². The zero-order valence-corrected chi connectivity index (χ0v) is 16.5. The second-order valence-corrected chi connectivity index (χ2v) is 7.43. The van der Waals surface area contributed by atoms with Crippen LogP contribution in [0.25, 0.3) is 0 Å². The maximum Gasteiger partial charge on any atom is 0.119 e. The molecule has 0 fully saturated rings. The first-order valence-corrected chi connectivity index (χ1v) is 10.2. The monoisotopic (exact) mass is 369 g/mol. The predicted octanol–water partition coefficient (Wildman–Crippen LogP) is 5.53. The number of nitrogens with zero attached hydrogens (tertiary/aromatic N) is 1. The number of rotatable bonds is 6. The molecular weight excluding hydrogens is 342 g/mol. The van der Waals surface area contributed by atoms with Crippen LogP contribution in [0.3, 0.4) is 0 Å². The summed E-state index contributed by atoms with van der Waals surface area (Å²) in [5.41, 5.74) is 3.71. The van der Waals surface area contributed by atoms with Crippen molar-refractivity contribution >= 4 is 17.5 Å². The molecule has 1 aliphatic heterocycles. The van der Waals surface area contributed by atoms with Crippen molar-refractivity contribution in [3.05, 3.63) is 65.1 Å². The molecule has 0 saturated carbocycles. The van der Waals surface area contributed by atoms with Crippen LogP contribution in [0.4, 0.5) is 0 Å². The van der Waals surface area contributed by atoms with E-state index in [0.29, 0.717) is 0 Å². The van der Waals surface area contributed by atoms with Crippen molar-refractivity contribution in [3.63, 3.8) is 0 Å². The van der Waals surface area contributed by atoms with E-state index < -0.39 is 0 Å². The Morgan fingerprint density at radius 1 is 1.04 bits per heavy atom. The van der Waals surface area contributed by atoms with Gasteiger partial charge in [-0.15, -0.1) is 11.8 Å².